The lowest BCUT2D eigenvalue weighted by Gasteiger charge is -2.07. The molecule has 0 fully saturated rings. The van der Waals surface area contributed by atoms with Crippen molar-refractivity contribution in [2.75, 3.05) is 12.4 Å². The van der Waals surface area contributed by atoms with Gasteiger partial charge in [0.05, 0.1) is 7.11 Å². The first-order valence-corrected chi connectivity index (χ1v) is 5.92. The molecule has 2 aromatic rings. The van der Waals surface area contributed by atoms with E-state index in [-0.39, 0.29) is 11.8 Å². The molecule has 0 bridgehead atoms. The number of methoxy groups -OCH3 is 1. The SMILES string of the molecule is COc1ncccc1C(=O)Nc1cc(Br)ccn1. The number of ether oxygens (including phenoxy) is 1. The number of amides is 1. The predicted molar refractivity (Wildman–Crippen MR) is 70.7 cm³/mol. The number of hydrogen-bond donors (Lipinski definition) is 1. The monoisotopic (exact) mass is 307 g/mol. The summed E-state index contributed by atoms with van der Waals surface area (Å²) < 4.78 is 5.87. The molecule has 0 aliphatic rings. The van der Waals surface area contributed by atoms with Crippen LogP contribution in [0.15, 0.2) is 41.1 Å². The van der Waals surface area contributed by atoms with Crippen molar-refractivity contribution < 1.29 is 9.53 Å². The maximum Gasteiger partial charge on any atom is 0.262 e. The summed E-state index contributed by atoms with van der Waals surface area (Å²) >= 11 is 3.31. The third-order valence-corrected chi connectivity index (χ3v) is 2.67. The Morgan fingerprint density at radius 3 is 2.89 bits per heavy atom. The van der Waals surface area contributed by atoms with Gasteiger partial charge in [-0.2, -0.15) is 0 Å². The van der Waals surface area contributed by atoms with Crippen LogP contribution in [0.4, 0.5) is 5.82 Å². The summed E-state index contributed by atoms with van der Waals surface area (Å²) in [5, 5.41) is 2.67. The van der Waals surface area contributed by atoms with Crippen LogP contribution >= 0.6 is 15.9 Å². The van der Waals surface area contributed by atoms with Crippen molar-refractivity contribution in [1.29, 1.82) is 0 Å². The van der Waals surface area contributed by atoms with Gasteiger partial charge in [-0.15, -0.1) is 0 Å². The molecule has 0 radical (unpaired) electrons. The predicted octanol–water partition coefficient (Wildman–Crippen LogP) is 2.50. The van der Waals surface area contributed by atoms with Gasteiger partial charge in [-0.05, 0) is 24.3 Å². The number of halogens is 1. The first kappa shape index (κ1) is 12.5. The lowest BCUT2D eigenvalue weighted by atomic mass is 10.2. The van der Waals surface area contributed by atoms with Gasteiger partial charge in [-0.3, -0.25) is 4.79 Å². The minimum Gasteiger partial charge on any atom is -0.480 e. The number of rotatable bonds is 3. The van der Waals surface area contributed by atoms with Crippen molar-refractivity contribution in [3.05, 3.63) is 46.7 Å². The fourth-order valence-corrected chi connectivity index (χ4v) is 1.72. The van der Waals surface area contributed by atoms with Gasteiger partial charge in [0.15, 0.2) is 0 Å². The van der Waals surface area contributed by atoms with E-state index in [9.17, 15) is 4.79 Å². The van der Waals surface area contributed by atoms with Gasteiger partial charge >= 0.3 is 0 Å². The van der Waals surface area contributed by atoms with Crippen molar-refractivity contribution >= 4 is 27.7 Å². The summed E-state index contributed by atoms with van der Waals surface area (Å²) in [5.41, 5.74) is 0.363. The van der Waals surface area contributed by atoms with Crippen LogP contribution in [0.3, 0.4) is 0 Å². The standard InChI is InChI=1S/C12H10BrN3O2/c1-18-12-9(3-2-5-15-12)11(17)16-10-7-8(13)4-6-14-10/h2-7H,1H3,(H,14,16,17). The molecule has 18 heavy (non-hydrogen) atoms. The van der Waals surface area contributed by atoms with Crippen LogP contribution in [0.25, 0.3) is 0 Å². The first-order valence-electron chi connectivity index (χ1n) is 5.12. The fraction of sp³-hybridized carbons (Fsp3) is 0.0833. The van der Waals surface area contributed by atoms with Crippen LogP contribution in [0.1, 0.15) is 10.4 Å². The van der Waals surface area contributed by atoms with Crippen LogP contribution in [-0.2, 0) is 0 Å². The Morgan fingerprint density at radius 1 is 1.33 bits per heavy atom. The molecule has 0 saturated carbocycles. The van der Waals surface area contributed by atoms with E-state index in [1.165, 1.54) is 7.11 Å². The molecule has 0 saturated heterocycles. The molecule has 2 aromatic heterocycles. The largest absolute Gasteiger partial charge is 0.480 e. The second-order valence-corrected chi connectivity index (χ2v) is 4.29. The van der Waals surface area contributed by atoms with Crippen molar-refractivity contribution in [2.45, 2.75) is 0 Å². The van der Waals surface area contributed by atoms with Gasteiger partial charge < -0.3 is 10.1 Å². The summed E-state index contributed by atoms with van der Waals surface area (Å²) in [5.74, 6) is 0.427. The lowest BCUT2D eigenvalue weighted by Crippen LogP contribution is -2.14. The Bertz CT molecular complexity index is 575. The van der Waals surface area contributed by atoms with Crippen molar-refractivity contribution in [1.82, 2.24) is 9.97 Å². The average molecular weight is 308 g/mol. The molecular weight excluding hydrogens is 298 g/mol. The molecule has 6 heteroatoms. The minimum absolute atomic E-state index is 0.282. The molecule has 0 atom stereocenters. The van der Waals surface area contributed by atoms with Crippen LogP contribution in [0.5, 0.6) is 5.88 Å². The van der Waals surface area contributed by atoms with Gasteiger partial charge in [-0.25, -0.2) is 9.97 Å². The Kier molecular flexibility index (Phi) is 3.88. The number of anilines is 1. The van der Waals surface area contributed by atoms with E-state index >= 15 is 0 Å². The van der Waals surface area contributed by atoms with Crippen LogP contribution in [-0.4, -0.2) is 23.0 Å². The zero-order valence-electron chi connectivity index (χ0n) is 9.55. The van der Waals surface area contributed by atoms with Crippen molar-refractivity contribution in [3.8, 4) is 5.88 Å². The number of carbonyl (C=O) groups is 1. The molecule has 92 valence electrons. The second-order valence-electron chi connectivity index (χ2n) is 3.37. The van der Waals surface area contributed by atoms with Gasteiger partial charge in [0.25, 0.3) is 5.91 Å². The van der Waals surface area contributed by atoms with E-state index in [0.717, 1.165) is 4.47 Å². The summed E-state index contributed by atoms with van der Waals surface area (Å²) in [6.07, 6.45) is 3.16. The maximum atomic E-state index is 12.0. The number of pyridine rings is 2. The smallest absolute Gasteiger partial charge is 0.262 e. The van der Waals surface area contributed by atoms with E-state index in [1.807, 2.05) is 0 Å². The molecule has 5 nitrogen and oxygen atoms in total. The van der Waals surface area contributed by atoms with Crippen molar-refractivity contribution in [3.63, 3.8) is 0 Å². The maximum absolute atomic E-state index is 12.0. The highest BCUT2D eigenvalue weighted by Crippen LogP contribution is 2.17. The molecule has 0 spiro atoms. The second kappa shape index (κ2) is 5.59. The first-order chi connectivity index (χ1) is 8.70. The average Bonchev–Trinajstić information content (AvgIpc) is 2.38. The molecule has 1 amide bonds. The van der Waals surface area contributed by atoms with Gasteiger partial charge in [0, 0.05) is 16.9 Å². The highest BCUT2D eigenvalue weighted by Gasteiger charge is 2.13. The topological polar surface area (TPSA) is 64.1 Å². The van der Waals surface area contributed by atoms with Gasteiger partial charge in [0.1, 0.15) is 11.4 Å². The third-order valence-electron chi connectivity index (χ3n) is 2.17. The molecule has 2 rings (SSSR count). The number of hydrogen-bond acceptors (Lipinski definition) is 4. The van der Waals surface area contributed by atoms with Gasteiger partial charge in [-0.1, -0.05) is 15.9 Å². The Labute approximate surface area is 112 Å². The van der Waals surface area contributed by atoms with E-state index < -0.39 is 0 Å². The van der Waals surface area contributed by atoms with Gasteiger partial charge in [0.2, 0.25) is 5.88 Å². The molecule has 1 N–H and O–H groups in total. The fourth-order valence-electron chi connectivity index (χ4n) is 1.38. The van der Waals surface area contributed by atoms with E-state index in [1.54, 1.807) is 36.7 Å². The molecule has 0 aromatic carbocycles. The third kappa shape index (κ3) is 2.84. The minimum atomic E-state index is -0.314. The van der Waals surface area contributed by atoms with E-state index in [4.69, 9.17) is 4.74 Å². The van der Waals surface area contributed by atoms with E-state index in [0.29, 0.717) is 11.4 Å². The highest BCUT2D eigenvalue weighted by atomic mass is 79.9. The molecule has 0 aliphatic heterocycles. The molecular formula is C12H10BrN3O2. The Hall–Kier alpha value is -1.95. The van der Waals surface area contributed by atoms with Crippen LogP contribution in [0.2, 0.25) is 0 Å². The summed E-state index contributed by atoms with van der Waals surface area (Å²) in [6, 6.07) is 6.80. The zero-order chi connectivity index (χ0) is 13.0. The number of nitrogens with zero attached hydrogens (tertiary/aromatic N) is 2. The molecule has 0 aliphatic carbocycles. The normalized spacial score (nSPS) is 9.89. The van der Waals surface area contributed by atoms with E-state index in [2.05, 4.69) is 31.2 Å². The Morgan fingerprint density at radius 2 is 2.17 bits per heavy atom. The quantitative estimate of drug-likeness (QED) is 0.946. The van der Waals surface area contributed by atoms with Crippen LogP contribution in [0, 0.1) is 0 Å². The number of aromatic nitrogens is 2. The molecule has 2 heterocycles. The highest BCUT2D eigenvalue weighted by molar-refractivity contribution is 9.10. The lowest BCUT2D eigenvalue weighted by molar-refractivity contribution is 0.102. The Balaban J connectivity index is 2.22. The number of carbonyl (C=O) groups excluding carboxylic acids is 1. The summed E-state index contributed by atoms with van der Waals surface area (Å²) in [4.78, 5) is 20.0. The summed E-state index contributed by atoms with van der Waals surface area (Å²) in [6.45, 7) is 0. The van der Waals surface area contributed by atoms with Crippen LogP contribution < -0.4 is 10.1 Å². The number of nitrogens with one attached hydrogen (secondary N) is 1. The van der Waals surface area contributed by atoms with Crippen molar-refractivity contribution in [2.24, 2.45) is 0 Å². The molecule has 0 unspecified atom stereocenters. The zero-order valence-corrected chi connectivity index (χ0v) is 11.1. The summed E-state index contributed by atoms with van der Waals surface area (Å²) in [7, 11) is 1.47.